The van der Waals surface area contributed by atoms with Crippen LogP contribution in [0.5, 0.6) is 0 Å². The number of hydrogen-bond donors (Lipinski definition) is 2. The molecule has 3 nitrogen and oxygen atoms in total. The highest BCUT2D eigenvalue weighted by molar-refractivity contribution is 5.94. The first-order valence-corrected chi connectivity index (χ1v) is 6.11. The van der Waals surface area contributed by atoms with Crippen LogP contribution < -0.4 is 5.32 Å². The molecular formula is C15H18FNO2. The normalized spacial score (nSPS) is 10.6. The van der Waals surface area contributed by atoms with Crippen molar-refractivity contribution in [1.29, 1.82) is 0 Å². The number of aliphatic hydroxyl groups excluding tert-OH is 1. The molecule has 1 aromatic rings. The van der Waals surface area contributed by atoms with Gasteiger partial charge in [-0.25, -0.2) is 4.39 Å². The molecule has 4 heteroatoms. The van der Waals surface area contributed by atoms with Gasteiger partial charge in [-0.1, -0.05) is 18.8 Å². The Morgan fingerprint density at radius 2 is 2.16 bits per heavy atom. The number of halogens is 1. The molecule has 2 N–H and O–H groups in total. The van der Waals surface area contributed by atoms with E-state index < -0.39 is 5.82 Å². The first-order chi connectivity index (χ1) is 8.89. The Kier molecular flexibility index (Phi) is 5.08. The average molecular weight is 263 g/mol. The third kappa shape index (κ3) is 4.38. The van der Waals surface area contributed by atoms with Crippen molar-refractivity contribution in [3.8, 4) is 11.8 Å². The Morgan fingerprint density at radius 3 is 2.68 bits per heavy atom. The number of benzene rings is 1. The molecule has 1 amide bonds. The Hall–Kier alpha value is -1.86. The molecule has 0 heterocycles. The maximum absolute atomic E-state index is 13.7. The van der Waals surface area contributed by atoms with Crippen LogP contribution in [0.3, 0.4) is 0 Å². The summed E-state index contributed by atoms with van der Waals surface area (Å²) in [7, 11) is 0. The molecule has 0 fully saturated rings. The maximum atomic E-state index is 13.7. The molecule has 0 spiro atoms. The van der Waals surface area contributed by atoms with Crippen LogP contribution in [0, 0.1) is 17.7 Å². The average Bonchev–Trinajstić information content (AvgIpc) is 2.36. The van der Waals surface area contributed by atoms with Crippen molar-refractivity contribution < 1.29 is 14.3 Å². The number of carbonyl (C=O) groups is 1. The second-order valence-corrected chi connectivity index (χ2v) is 4.85. The summed E-state index contributed by atoms with van der Waals surface area (Å²) in [6, 6.07) is 4.11. The zero-order valence-electron chi connectivity index (χ0n) is 11.4. The van der Waals surface area contributed by atoms with Gasteiger partial charge in [0.05, 0.1) is 5.56 Å². The molecule has 0 saturated carbocycles. The van der Waals surface area contributed by atoms with E-state index >= 15 is 0 Å². The molecule has 0 radical (unpaired) electrons. The number of nitrogens with one attached hydrogen (secondary N) is 1. The van der Waals surface area contributed by atoms with Gasteiger partial charge in [0.15, 0.2) is 0 Å². The molecule has 0 bridgehead atoms. The molecule has 19 heavy (non-hydrogen) atoms. The quantitative estimate of drug-likeness (QED) is 0.820. The van der Waals surface area contributed by atoms with Crippen molar-refractivity contribution in [2.45, 2.75) is 32.7 Å². The van der Waals surface area contributed by atoms with E-state index in [1.54, 1.807) is 0 Å². The fourth-order valence-electron chi connectivity index (χ4n) is 1.36. The van der Waals surface area contributed by atoms with Crippen molar-refractivity contribution in [3.63, 3.8) is 0 Å². The summed E-state index contributed by atoms with van der Waals surface area (Å²) in [4.78, 5) is 11.9. The Bertz CT molecular complexity index is 527. The first-order valence-electron chi connectivity index (χ1n) is 6.11. The topological polar surface area (TPSA) is 49.3 Å². The maximum Gasteiger partial charge on any atom is 0.251 e. The number of rotatable bonds is 3. The predicted molar refractivity (Wildman–Crippen MR) is 72.2 cm³/mol. The largest absolute Gasteiger partial charge is 0.384 e. The van der Waals surface area contributed by atoms with Gasteiger partial charge in [-0.2, -0.15) is 0 Å². The van der Waals surface area contributed by atoms with Crippen LogP contribution in [0.15, 0.2) is 18.2 Å². The van der Waals surface area contributed by atoms with Gasteiger partial charge in [-0.3, -0.25) is 4.79 Å². The summed E-state index contributed by atoms with van der Waals surface area (Å²) >= 11 is 0. The zero-order chi connectivity index (χ0) is 14.5. The summed E-state index contributed by atoms with van der Waals surface area (Å²) in [5.41, 5.74) is 0.0945. The van der Waals surface area contributed by atoms with Gasteiger partial charge >= 0.3 is 0 Å². The monoisotopic (exact) mass is 263 g/mol. The molecule has 0 aromatic heterocycles. The van der Waals surface area contributed by atoms with Crippen LogP contribution in [0.4, 0.5) is 4.39 Å². The van der Waals surface area contributed by atoms with Crippen LogP contribution in [-0.4, -0.2) is 23.2 Å². The zero-order valence-corrected chi connectivity index (χ0v) is 11.4. The first kappa shape index (κ1) is 15.2. The minimum atomic E-state index is -0.567. The highest BCUT2D eigenvalue weighted by Gasteiger charge is 2.19. The van der Waals surface area contributed by atoms with E-state index in [0.717, 1.165) is 12.5 Å². The molecule has 1 aromatic carbocycles. The summed E-state index contributed by atoms with van der Waals surface area (Å²) in [5.74, 6) is 3.97. The van der Waals surface area contributed by atoms with Crippen molar-refractivity contribution in [2.24, 2.45) is 0 Å². The highest BCUT2D eigenvalue weighted by Crippen LogP contribution is 2.12. The van der Waals surface area contributed by atoms with Gasteiger partial charge < -0.3 is 10.4 Å². The van der Waals surface area contributed by atoms with Crippen LogP contribution >= 0.6 is 0 Å². The lowest BCUT2D eigenvalue weighted by atomic mass is 10.0. The third-order valence-electron chi connectivity index (χ3n) is 2.87. The van der Waals surface area contributed by atoms with E-state index in [-0.39, 0.29) is 29.2 Å². The van der Waals surface area contributed by atoms with Gasteiger partial charge in [0.1, 0.15) is 12.4 Å². The van der Waals surface area contributed by atoms with E-state index in [2.05, 4.69) is 17.2 Å². The van der Waals surface area contributed by atoms with Crippen LogP contribution in [-0.2, 0) is 0 Å². The van der Waals surface area contributed by atoms with Gasteiger partial charge in [0, 0.05) is 11.1 Å². The highest BCUT2D eigenvalue weighted by atomic mass is 19.1. The number of amides is 1. The predicted octanol–water partition coefficient (Wildman–Crippen LogP) is 2.09. The molecule has 0 aliphatic carbocycles. The summed E-state index contributed by atoms with van der Waals surface area (Å²) < 4.78 is 13.7. The van der Waals surface area contributed by atoms with Gasteiger partial charge in [0.2, 0.25) is 0 Å². The van der Waals surface area contributed by atoms with E-state index in [1.807, 2.05) is 20.8 Å². The molecule has 1 rings (SSSR count). The van der Waals surface area contributed by atoms with Gasteiger partial charge in [0.25, 0.3) is 5.91 Å². The molecule has 0 unspecified atom stereocenters. The number of aliphatic hydroxyl groups is 1. The van der Waals surface area contributed by atoms with Crippen LogP contribution in [0.2, 0.25) is 0 Å². The number of carbonyl (C=O) groups excluding carboxylic acids is 1. The lowest BCUT2D eigenvalue weighted by Crippen LogP contribution is -2.42. The molecule has 102 valence electrons. The SMILES string of the molecule is CCC(C)(C)NC(=O)c1ccc(C#CCO)c(F)c1. The van der Waals surface area contributed by atoms with E-state index in [9.17, 15) is 9.18 Å². The van der Waals surface area contributed by atoms with Gasteiger partial charge in [-0.05, 0) is 38.5 Å². The fraction of sp³-hybridized carbons (Fsp3) is 0.400. The van der Waals surface area contributed by atoms with Crippen molar-refractivity contribution in [1.82, 2.24) is 5.32 Å². The van der Waals surface area contributed by atoms with Crippen molar-refractivity contribution in [2.75, 3.05) is 6.61 Å². The smallest absolute Gasteiger partial charge is 0.251 e. The summed E-state index contributed by atoms with van der Waals surface area (Å²) in [5, 5.41) is 11.4. The number of hydrogen-bond acceptors (Lipinski definition) is 2. The summed E-state index contributed by atoms with van der Waals surface area (Å²) in [6.45, 7) is 5.45. The second kappa shape index (κ2) is 6.35. The molecule has 0 aliphatic heterocycles. The lowest BCUT2D eigenvalue weighted by Gasteiger charge is -2.24. The minimum Gasteiger partial charge on any atom is -0.384 e. The Labute approximate surface area is 112 Å². The standard InChI is InChI=1S/C15H18FNO2/c1-4-15(2,3)17-14(19)12-8-7-11(6-5-9-18)13(16)10-12/h7-8,10,18H,4,9H2,1-3H3,(H,17,19). The van der Waals surface area contributed by atoms with Crippen molar-refractivity contribution in [3.05, 3.63) is 35.1 Å². The molecule has 0 aliphatic rings. The van der Waals surface area contributed by atoms with Crippen molar-refractivity contribution >= 4 is 5.91 Å². The summed E-state index contributed by atoms with van der Waals surface area (Å²) in [6.07, 6.45) is 0.779. The van der Waals surface area contributed by atoms with Gasteiger partial charge in [-0.15, -0.1) is 0 Å². The van der Waals surface area contributed by atoms with E-state index in [0.29, 0.717) is 0 Å². The molecule has 0 saturated heterocycles. The Morgan fingerprint density at radius 1 is 1.47 bits per heavy atom. The second-order valence-electron chi connectivity index (χ2n) is 4.85. The van der Waals surface area contributed by atoms with Crippen LogP contribution in [0.1, 0.15) is 43.1 Å². The molecular weight excluding hydrogens is 245 g/mol. The Balaban J connectivity index is 2.92. The van der Waals surface area contributed by atoms with E-state index in [1.165, 1.54) is 12.1 Å². The fourth-order valence-corrected chi connectivity index (χ4v) is 1.36. The lowest BCUT2D eigenvalue weighted by molar-refractivity contribution is 0.0911. The molecule has 0 atom stereocenters. The minimum absolute atomic E-state index is 0.167. The van der Waals surface area contributed by atoms with E-state index in [4.69, 9.17) is 5.11 Å². The third-order valence-corrected chi connectivity index (χ3v) is 2.87. The van der Waals surface area contributed by atoms with Crippen LogP contribution in [0.25, 0.3) is 0 Å².